The minimum absolute atomic E-state index is 0.380. The van der Waals surface area contributed by atoms with Crippen molar-refractivity contribution in [1.82, 2.24) is 20.1 Å². The summed E-state index contributed by atoms with van der Waals surface area (Å²) in [5.74, 6) is 0.320. The van der Waals surface area contributed by atoms with Crippen LogP contribution in [0.4, 0.5) is 0 Å². The molecule has 3 N–H and O–H groups in total. The van der Waals surface area contributed by atoms with Crippen LogP contribution in [0.25, 0.3) is 0 Å². The molecule has 2 rings (SSSR count). The van der Waals surface area contributed by atoms with Crippen molar-refractivity contribution in [3.63, 3.8) is 0 Å². The third-order valence-corrected chi connectivity index (χ3v) is 4.53. The highest BCUT2D eigenvalue weighted by atomic mass is 32.2. The molecule has 1 amide bonds. The van der Waals surface area contributed by atoms with Crippen molar-refractivity contribution in [2.24, 2.45) is 12.8 Å². The van der Waals surface area contributed by atoms with Crippen LogP contribution in [-0.4, -0.2) is 33.5 Å². The third kappa shape index (κ3) is 3.25. The summed E-state index contributed by atoms with van der Waals surface area (Å²) in [6, 6.07) is 9.54. The Morgan fingerprint density at radius 2 is 2.14 bits per heavy atom. The molecule has 6 nitrogen and oxygen atoms in total. The van der Waals surface area contributed by atoms with Crippen molar-refractivity contribution in [2.75, 3.05) is 12.8 Å². The molecule has 0 saturated heterocycles. The van der Waals surface area contributed by atoms with E-state index in [1.165, 1.54) is 6.33 Å². The van der Waals surface area contributed by atoms with Crippen molar-refractivity contribution < 1.29 is 4.79 Å². The van der Waals surface area contributed by atoms with Crippen LogP contribution in [0.1, 0.15) is 12.0 Å². The fraction of sp³-hybridized carbons (Fsp3) is 0.357. The quantitative estimate of drug-likeness (QED) is 0.742. The maximum Gasteiger partial charge on any atom is 0.242 e. The Morgan fingerprint density at radius 3 is 2.67 bits per heavy atom. The minimum atomic E-state index is -0.868. The molecule has 1 heterocycles. The molecule has 0 saturated carbocycles. The van der Waals surface area contributed by atoms with E-state index in [9.17, 15) is 4.79 Å². The van der Waals surface area contributed by atoms with Crippen molar-refractivity contribution in [1.29, 1.82) is 0 Å². The molecule has 1 aromatic carbocycles. The zero-order valence-electron chi connectivity index (χ0n) is 12.1. The predicted molar refractivity (Wildman–Crippen MR) is 82.7 cm³/mol. The van der Waals surface area contributed by atoms with E-state index in [0.717, 1.165) is 10.7 Å². The van der Waals surface area contributed by atoms with Gasteiger partial charge in [-0.2, -0.15) is 5.10 Å². The molecule has 7 heteroatoms. The minimum Gasteiger partial charge on any atom is -0.368 e. The fourth-order valence-electron chi connectivity index (χ4n) is 2.24. The SMILES string of the molecule is CNC(CCSc1ncnn1C)(C(N)=O)c1ccccc1. The molecule has 1 unspecified atom stereocenters. The van der Waals surface area contributed by atoms with Gasteiger partial charge in [0.05, 0.1) is 0 Å². The Morgan fingerprint density at radius 1 is 1.43 bits per heavy atom. The number of nitrogens with one attached hydrogen (secondary N) is 1. The number of hydrogen-bond donors (Lipinski definition) is 2. The Balaban J connectivity index is 2.14. The number of amides is 1. The lowest BCUT2D eigenvalue weighted by molar-refractivity contribution is -0.124. The number of aryl methyl sites for hydroxylation is 1. The number of thioether (sulfide) groups is 1. The van der Waals surface area contributed by atoms with E-state index in [0.29, 0.717) is 12.2 Å². The van der Waals surface area contributed by atoms with Crippen LogP contribution in [0.15, 0.2) is 41.8 Å². The van der Waals surface area contributed by atoms with E-state index in [1.54, 1.807) is 23.5 Å². The topological polar surface area (TPSA) is 85.8 Å². The van der Waals surface area contributed by atoms with Gasteiger partial charge in [0.15, 0.2) is 5.16 Å². The molecule has 0 fully saturated rings. The highest BCUT2D eigenvalue weighted by molar-refractivity contribution is 7.99. The van der Waals surface area contributed by atoms with E-state index in [-0.39, 0.29) is 5.91 Å². The van der Waals surface area contributed by atoms with Gasteiger partial charge in [0, 0.05) is 12.8 Å². The monoisotopic (exact) mass is 305 g/mol. The van der Waals surface area contributed by atoms with Crippen molar-refractivity contribution >= 4 is 17.7 Å². The number of aromatic nitrogens is 3. The lowest BCUT2D eigenvalue weighted by Gasteiger charge is -2.30. The Hall–Kier alpha value is -1.86. The van der Waals surface area contributed by atoms with Crippen molar-refractivity contribution in [3.8, 4) is 0 Å². The fourth-order valence-corrected chi connectivity index (χ4v) is 3.18. The number of primary amides is 1. The number of rotatable bonds is 7. The molecule has 0 spiro atoms. The van der Waals surface area contributed by atoms with E-state index in [2.05, 4.69) is 15.4 Å². The van der Waals surface area contributed by atoms with Crippen LogP contribution < -0.4 is 11.1 Å². The van der Waals surface area contributed by atoms with Gasteiger partial charge >= 0.3 is 0 Å². The van der Waals surface area contributed by atoms with Gasteiger partial charge < -0.3 is 11.1 Å². The summed E-state index contributed by atoms with van der Waals surface area (Å²) in [5.41, 5.74) is 5.67. The molecule has 2 aromatic rings. The van der Waals surface area contributed by atoms with Gasteiger partial charge in [-0.15, -0.1) is 0 Å². The van der Waals surface area contributed by atoms with Gasteiger partial charge in [0.2, 0.25) is 5.91 Å². The average molecular weight is 305 g/mol. The van der Waals surface area contributed by atoms with Gasteiger partial charge in [-0.25, -0.2) is 9.67 Å². The number of nitrogens with two attached hydrogens (primary N) is 1. The van der Waals surface area contributed by atoms with E-state index < -0.39 is 5.54 Å². The van der Waals surface area contributed by atoms with Crippen LogP contribution in [-0.2, 0) is 17.4 Å². The van der Waals surface area contributed by atoms with Crippen LogP contribution in [0.5, 0.6) is 0 Å². The first-order chi connectivity index (χ1) is 10.1. The van der Waals surface area contributed by atoms with Gasteiger partial charge in [-0.1, -0.05) is 42.1 Å². The average Bonchev–Trinajstić information content (AvgIpc) is 2.90. The number of nitrogens with zero attached hydrogens (tertiary/aromatic N) is 3. The molecule has 0 aliphatic carbocycles. The van der Waals surface area contributed by atoms with Crippen LogP contribution >= 0.6 is 11.8 Å². The second-order valence-electron chi connectivity index (χ2n) is 4.65. The summed E-state index contributed by atoms with van der Waals surface area (Å²) in [6.45, 7) is 0. The van der Waals surface area contributed by atoms with Crippen molar-refractivity contribution in [3.05, 3.63) is 42.2 Å². The summed E-state index contributed by atoms with van der Waals surface area (Å²) in [5, 5.41) is 7.94. The number of likely N-dealkylation sites (N-methyl/N-ethyl adjacent to an activating group) is 1. The first-order valence-electron chi connectivity index (χ1n) is 6.61. The maximum absolute atomic E-state index is 12.0. The Labute approximate surface area is 128 Å². The summed E-state index contributed by atoms with van der Waals surface area (Å²) < 4.78 is 1.71. The first-order valence-corrected chi connectivity index (χ1v) is 7.60. The lowest BCUT2D eigenvalue weighted by Crippen LogP contribution is -2.51. The number of benzene rings is 1. The molecule has 1 aromatic heterocycles. The smallest absolute Gasteiger partial charge is 0.242 e. The third-order valence-electron chi connectivity index (χ3n) is 3.49. The summed E-state index contributed by atoms with van der Waals surface area (Å²) in [7, 11) is 3.59. The van der Waals surface area contributed by atoms with Gasteiger partial charge in [0.1, 0.15) is 11.9 Å². The highest BCUT2D eigenvalue weighted by Crippen LogP contribution is 2.28. The molecule has 1 atom stereocenters. The van der Waals surface area contributed by atoms with E-state index in [1.807, 2.05) is 37.4 Å². The van der Waals surface area contributed by atoms with Gasteiger partial charge in [-0.3, -0.25) is 4.79 Å². The molecular formula is C14H19N5OS. The second kappa shape index (κ2) is 6.73. The molecular weight excluding hydrogens is 286 g/mol. The van der Waals surface area contributed by atoms with Gasteiger partial charge in [0.25, 0.3) is 0 Å². The van der Waals surface area contributed by atoms with Crippen LogP contribution in [0.3, 0.4) is 0 Å². The predicted octanol–water partition coefficient (Wildman–Crippen LogP) is 0.898. The summed E-state index contributed by atoms with van der Waals surface area (Å²) in [4.78, 5) is 16.2. The Bertz CT molecular complexity index is 600. The maximum atomic E-state index is 12.0. The zero-order chi connectivity index (χ0) is 15.3. The van der Waals surface area contributed by atoms with E-state index >= 15 is 0 Å². The Kier molecular flexibility index (Phi) is 4.98. The lowest BCUT2D eigenvalue weighted by atomic mass is 9.86. The van der Waals surface area contributed by atoms with E-state index in [4.69, 9.17) is 5.73 Å². The molecule has 0 aliphatic heterocycles. The normalized spacial score (nSPS) is 13.8. The van der Waals surface area contributed by atoms with Crippen LogP contribution in [0, 0.1) is 0 Å². The highest BCUT2D eigenvalue weighted by Gasteiger charge is 2.36. The van der Waals surface area contributed by atoms with Crippen LogP contribution in [0.2, 0.25) is 0 Å². The van der Waals surface area contributed by atoms with Crippen molar-refractivity contribution in [2.45, 2.75) is 17.1 Å². The largest absolute Gasteiger partial charge is 0.368 e. The first kappa shape index (κ1) is 15.5. The molecule has 0 aliphatic rings. The molecule has 112 valence electrons. The van der Waals surface area contributed by atoms with Gasteiger partial charge in [-0.05, 0) is 19.0 Å². The standard InChI is InChI=1S/C14H19N5OS/c1-16-14(12(15)20,11-6-4-3-5-7-11)8-9-21-13-17-10-18-19(13)2/h3-7,10,16H,8-9H2,1-2H3,(H2,15,20). The molecule has 0 bridgehead atoms. The molecule has 21 heavy (non-hydrogen) atoms. The number of hydrogen-bond acceptors (Lipinski definition) is 5. The zero-order valence-corrected chi connectivity index (χ0v) is 12.9. The number of carbonyl (C=O) groups is 1. The summed E-state index contributed by atoms with van der Waals surface area (Å²) >= 11 is 1.55. The number of carbonyl (C=O) groups excluding carboxylic acids is 1. The second-order valence-corrected chi connectivity index (χ2v) is 5.71. The summed E-state index contributed by atoms with van der Waals surface area (Å²) in [6.07, 6.45) is 2.08. The molecule has 0 radical (unpaired) electrons.